The van der Waals surface area contributed by atoms with Gasteiger partial charge in [-0.3, -0.25) is 4.40 Å². The summed E-state index contributed by atoms with van der Waals surface area (Å²) < 4.78 is 14.5. The number of aromatic nitrogens is 3. The van der Waals surface area contributed by atoms with Crippen LogP contribution in [0.25, 0.3) is 38.8 Å². The molecule has 0 saturated carbocycles. The topological polar surface area (TPSA) is 48.7 Å². The van der Waals surface area contributed by atoms with Gasteiger partial charge in [0.2, 0.25) is 0 Å². The molecule has 0 aliphatic carbocycles. The monoisotopic (exact) mass is 421 g/mol. The normalized spacial score (nSPS) is 17.6. The smallest absolute Gasteiger partial charge is 0.399 e. The highest BCUT2D eigenvalue weighted by molar-refractivity contribution is 6.62. The molecule has 0 amide bonds. The zero-order valence-electron chi connectivity index (χ0n) is 18.7. The summed E-state index contributed by atoms with van der Waals surface area (Å²) in [6.45, 7) is 8.29. The maximum absolute atomic E-state index is 6.21. The van der Waals surface area contributed by atoms with E-state index in [9.17, 15) is 0 Å². The van der Waals surface area contributed by atoms with E-state index in [0.29, 0.717) is 0 Å². The second-order valence-electron chi connectivity index (χ2n) is 9.43. The Kier molecular flexibility index (Phi) is 4.04. The summed E-state index contributed by atoms with van der Waals surface area (Å²) in [5.74, 6) is 0. The van der Waals surface area contributed by atoms with Gasteiger partial charge in [0.15, 0.2) is 5.65 Å². The minimum Gasteiger partial charge on any atom is -0.399 e. The van der Waals surface area contributed by atoms with E-state index < -0.39 is 0 Å². The molecule has 6 heteroatoms. The Hall–Kier alpha value is -3.22. The Morgan fingerprint density at radius 3 is 2.12 bits per heavy atom. The molecule has 0 radical (unpaired) electrons. The summed E-state index contributed by atoms with van der Waals surface area (Å²) in [5, 5.41) is 2.19. The van der Waals surface area contributed by atoms with E-state index in [2.05, 4.69) is 70.2 Å². The molecular weight excluding hydrogens is 397 g/mol. The van der Waals surface area contributed by atoms with Gasteiger partial charge in [0.05, 0.1) is 16.9 Å². The highest BCUT2D eigenvalue weighted by Gasteiger charge is 2.51. The molecule has 1 aliphatic rings. The van der Waals surface area contributed by atoms with Crippen LogP contribution in [-0.2, 0) is 9.31 Å². The van der Waals surface area contributed by atoms with E-state index in [1.165, 1.54) is 0 Å². The second kappa shape index (κ2) is 6.64. The minimum atomic E-state index is -0.375. The first-order chi connectivity index (χ1) is 15.3. The zero-order chi connectivity index (χ0) is 22.1. The summed E-state index contributed by atoms with van der Waals surface area (Å²) >= 11 is 0. The molecule has 0 unspecified atom stereocenters. The molecule has 5 nitrogen and oxygen atoms in total. The molecule has 2 aromatic carbocycles. The average molecular weight is 421 g/mol. The minimum absolute atomic E-state index is 0.359. The third-order valence-corrected chi connectivity index (χ3v) is 6.87. The first-order valence-corrected chi connectivity index (χ1v) is 11.0. The lowest BCUT2D eigenvalue weighted by Gasteiger charge is -2.32. The largest absolute Gasteiger partial charge is 0.494 e. The summed E-state index contributed by atoms with van der Waals surface area (Å²) in [6, 6.07) is 22.7. The van der Waals surface area contributed by atoms with Crippen LogP contribution in [0.4, 0.5) is 0 Å². The Labute approximate surface area is 187 Å². The second-order valence-corrected chi connectivity index (χ2v) is 9.43. The number of hydrogen-bond donors (Lipinski definition) is 0. The molecule has 0 N–H and O–H groups in total. The van der Waals surface area contributed by atoms with Crippen LogP contribution in [0, 0.1) is 0 Å². The fraction of sp³-hybridized carbons (Fsp3) is 0.231. The predicted molar refractivity (Wildman–Crippen MR) is 129 cm³/mol. The van der Waals surface area contributed by atoms with E-state index in [1.807, 2.05) is 34.9 Å². The fourth-order valence-electron chi connectivity index (χ4n) is 4.33. The van der Waals surface area contributed by atoms with Crippen molar-refractivity contribution in [3.63, 3.8) is 0 Å². The number of fused-ring (bicyclic) bond motifs is 5. The fourth-order valence-corrected chi connectivity index (χ4v) is 4.33. The number of nitrogens with zero attached hydrogens (tertiary/aromatic N) is 3. The van der Waals surface area contributed by atoms with Gasteiger partial charge in [-0.2, -0.15) is 0 Å². The molecule has 1 fully saturated rings. The maximum Gasteiger partial charge on any atom is 0.494 e. The first-order valence-electron chi connectivity index (χ1n) is 11.0. The molecular formula is C26H24BN3O2. The number of pyridine rings is 2. The summed E-state index contributed by atoms with van der Waals surface area (Å²) in [6.07, 6.45) is 2.01. The molecule has 0 spiro atoms. The van der Waals surface area contributed by atoms with E-state index in [-0.39, 0.29) is 18.3 Å². The lowest BCUT2D eigenvalue weighted by molar-refractivity contribution is 0.00578. The zero-order valence-corrected chi connectivity index (χ0v) is 18.7. The highest BCUT2D eigenvalue weighted by Crippen LogP contribution is 2.37. The Bertz CT molecular complexity index is 1470. The Balaban J connectivity index is 1.49. The van der Waals surface area contributed by atoms with Gasteiger partial charge in [-0.15, -0.1) is 0 Å². The van der Waals surface area contributed by atoms with E-state index in [1.54, 1.807) is 0 Å². The van der Waals surface area contributed by atoms with Crippen molar-refractivity contribution < 1.29 is 9.31 Å². The van der Waals surface area contributed by atoms with Gasteiger partial charge in [0, 0.05) is 22.5 Å². The molecule has 1 saturated heterocycles. The van der Waals surface area contributed by atoms with Crippen molar-refractivity contribution in [1.29, 1.82) is 0 Å². The molecule has 3 aromatic heterocycles. The van der Waals surface area contributed by atoms with Crippen LogP contribution >= 0.6 is 0 Å². The molecule has 4 heterocycles. The molecule has 0 bridgehead atoms. The number of imidazole rings is 1. The Morgan fingerprint density at radius 1 is 0.750 bits per heavy atom. The molecule has 6 rings (SSSR count). The van der Waals surface area contributed by atoms with Gasteiger partial charge in [-0.25, -0.2) is 9.97 Å². The van der Waals surface area contributed by atoms with Crippen LogP contribution in [-0.4, -0.2) is 32.7 Å². The van der Waals surface area contributed by atoms with Gasteiger partial charge < -0.3 is 9.31 Å². The van der Waals surface area contributed by atoms with Gasteiger partial charge in [-0.05, 0) is 45.3 Å². The van der Waals surface area contributed by atoms with E-state index in [4.69, 9.17) is 19.3 Å². The SMILES string of the molecule is CC1(C)OB(c2ccc(-c3nc4c(nc5ccccn54)c4ccccc34)cc2)OC1(C)C. The molecule has 32 heavy (non-hydrogen) atoms. The van der Waals surface area contributed by atoms with Crippen molar-refractivity contribution in [2.24, 2.45) is 0 Å². The number of rotatable bonds is 2. The van der Waals surface area contributed by atoms with Crippen molar-refractivity contribution in [3.8, 4) is 11.3 Å². The third-order valence-electron chi connectivity index (χ3n) is 6.87. The van der Waals surface area contributed by atoms with Gasteiger partial charge >= 0.3 is 7.12 Å². The molecule has 158 valence electrons. The number of benzene rings is 2. The van der Waals surface area contributed by atoms with Crippen LogP contribution in [0.3, 0.4) is 0 Å². The van der Waals surface area contributed by atoms with Gasteiger partial charge in [-0.1, -0.05) is 54.6 Å². The third kappa shape index (κ3) is 2.80. The summed E-state index contributed by atoms with van der Waals surface area (Å²) in [5.41, 5.74) is 4.97. The lowest BCUT2D eigenvalue weighted by atomic mass is 9.78. The van der Waals surface area contributed by atoms with Crippen LogP contribution in [0.2, 0.25) is 0 Å². The first kappa shape index (κ1) is 19.5. The van der Waals surface area contributed by atoms with Gasteiger partial charge in [0.1, 0.15) is 11.2 Å². The summed E-state index contributed by atoms with van der Waals surface area (Å²) in [7, 11) is -0.375. The van der Waals surface area contributed by atoms with E-state index >= 15 is 0 Å². The standard InChI is InChI=1S/C26H24BN3O2/c1-25(2)26(3,4)32-27(31-25)18-14-12-17(13-15-18)22-19-9-5-6-10-20(19)23-24(29-22)30-16-8-7-11-21(30)28-23/h5-16H,1-4H3. The predicted octanol–water partition coefficient (Wildman–Crippen LogP) is 5.00. The van der Waals surface area contributed by atoms with E-state index in [0.717, 1.165) is 44.3 Å². The Morgan fingerprint density at radius 2 is 1.41 bits per heavy atom. The van der Waals surface area contributed by atoms with Gasteiger partial charge in [0.25, 0.3) is 0 Å². The van der Waals surface area contributed by atoms with Crippen molar-refractivity contribution in [1.82, 2.24) is 14.4 Å². The number of hydrogen-bond acceptors (Lipinski definition) is 4. The van der Waals surface area contributed by atoms with Crippen LogP contribution in [0.15, 0.2) is 72.9 Å². The molecule has 0 atom stereocenters. The van der Waals surface area contributed by atoms with Crippen molar-refractivity contribution in [2.45, 2.75) is 38.9 Å². The molecule has 5 aromatic rings. The molecule has 1 aliphatic heterocycles. The maximum atomic E-state index is 6.21. The van der Waals surface area contributed by atoms with Crippen LogP contribution < -0.4 is 5.46 Å². The summed E-state index contributed by atoms with van der Waals surface area (Å²) in [4.78, 5) is 9.91. The van der Waals surface area contributed by atoms with Crippen LogP contribution in [0.5, 0.6) is 0 Å². The van der Waals surface area contributed by atoms with Crippen molar-refractivity contribution in [2.75, 3.05) is 0 Å². The average Bonchev–Trinajstić information content (AvgIpc) is 3.27. The highest BCUT2D eigenvalue weighted by atomic mass is 16.7. The lowest BCUT2D eigenvalue weighted by Crippen LogP contribution is -2.41. The van der Waals surface area contributed by atoms with Crippen molar-refractivity contribution in [3.05, 3.63) is 72.9 Å². The quantitative estimate of drug-likeness (QED) is 0.377. The van der Waals surface area contributed by atoms with Crippen LogP contribution in [0.1, 0.15) is 27.7 Å². The van der Waals surface area contributed by atoms with Crippen molar-refractivity contribution >= 4 is 40.2 Å².